The lowest BCUT2D eigenvalue weighted by molar-refractivity contribution is -0.171. The van der Waals surface area contributed by atoms with E-state index in [1.54, 1.807) is 86.7 Å². The summed E-state index contributed by atoms with van der Waals surface area (Å²) in [6.45, 7) is 35.9. The van der Waals surface area contributed by atoms with Crippen LogP contribution in [0.4, 0.5) is 32.3 Å². The third-order valence-electron chi connectivity index (χ3n) is 19.1. The van der Waals surface area contributed by atoms with Crippen molar-refractivity contribution in [2.75, 3.05) is 59.3 Å². The number of nitrogens with zero attached hydrogens (tertiary/aromatic N) is 12. The summed E-state index contributed by atoms with van der Waals surface area (Å²) in [6.07, 6.45) is -12.0. The Labute approximate surface area is 803 Å². The van der Waals surface area contributed by atoms with Crippen molar-refractivity contribution in [3.05, 3.63) is 207 Å². The van der Waals surface area contributed by atoms with Gasteiger partial charge in [-0.05, 0) is 100 Å². The van der Waals surface area contributed by atoms with Crippen LogP contribution in [-0.2, 0) is 121 Å². The standard InChI is InChI=1S/C24H28ClN3O6.C24H30ClN3O5.C24H30ClN3O4S.C23H25ClF3N3O4/c1-14-20(25)21(28(6)27-14)22(33-15(2)34-23(30)32-13-19(29)31-7)18(12-26)16-8-10-17(11-9-16)24(3,4)5;1-15-20(25)21(28(6)27-15)22(32-16(2)33-23(29)31-13-12-30-7)19(14-26)17-8-10-18(11-9-17)24(3,4)5;1-15-20(25)21(28(6)27-15)22(31-16(2)32-23(29)30-12-13-33-7)19(14-26)17-8-10-18(11-9-17)24(3,4)5;1-13-18(24)19(30(6)29-13)20(33-14(2)34-21(31)32-12-23(25,26)27)17(11-28)15-7-9-16(10-8-15)22(3,4)5/h8-11,15H,13H2,1-7H3;2*8-11,16H,12-13H2,1-7H3;7-10,14H,12H2,1-6H3/b22-18-;2*22-19-;20-17-. The second kappa shape index (κ2) is 50.1. The Morgan fingerprint density at radius 3 is 0.806 bits per heavy atom. The molecule has 39 heteroatoms. The molecule has 134 heavy (non-hydrogen) atoms. The molecule has 0 spiro atoms. The zero-order valence-corrected chi connectivity index (χ0v) is 83.8. The lowest BCUT2D eigenvalue weighted by Gasteiger charge is -2.21. The molecule has 0 saturated carbocycles. The van der Waals surface area contributed by atoms with Gasteiger partial charge in [-0.15, -0.1) is 0 Å². The Morgan fingerprint density at radius 2 is 0.612 bits per heavy atom. The molecule has 0 fully saturated rings. The first kappa shape index (κ1) is 112. The lowest BCUT2D eigenvalue weighted by Crippen LogP contribution is -2.24. The molecule has 4 aromatic carbocycles. The van der Waals surface area contributed by atoms with Crippen LogP contribution in [0, 0.1) is 73.0 Å². The fourth-order valence-corrected chi connectivity index (χ4v) is 13.4. The highest BCUT2D eigenvalue weighted by molar-refractivity contribution is 7.98. The number of carbonyl (C=O) groups excluding carboxylic acids is 5. The van der Waals surface area contributed by atoms with Crippen molar-refractivity contribution >= 4 is 134 Å². The number of halogens is 7. The molecule has 4 unspecified atom stereocenters. The van der Waals surface area contributed by atoms with E-state index < -0.39 is 75.1 Å². The second-order valence-electron chi connectivity index (χ2n) is 33.7. The normalized spacial score (nSPS) is 13.1. The van der Waals surface area contributed by atoms with Crippen LogP contribution in [0.15, 0.2) is 97.1 Å². The molecule has 722 valence electrons. The molecule has 0 radical (unpaired) electrons. The molecule has 0 amide bonds. The van der Waals surface area contributed by atoms with Crippen LogP contribution in [0.2, 0.25) is 20.1 Å². The Bertz CT molecular complexity index is 5560. The maximum atomic E-state index is 12.3. The zero-order chi connectivity index (χ0) is 101. The number of carbonyl (C=O) groups is 5. The van der Waals surface area contributed by atoms with E-state index in [1.165, 1.54) is 46.6 Å². The minimum atomic E-state index is -4.71. The van der Waals surface area contributed by atoms with E-state index in [-0.39, 0.29) is 103 Å². The van der Waals surface area contributed by atoms with Gasteiger partial charge < -0.3 is 66.3 Å². The van der Waals surface area contributed by atoms with E-state index in [4.69, 9.17) is 98.5 Å². The quantitative estimate of drug-likeness (QED) is 0.0105. The number of rotatable bonds is 29. The van der Waals surface area contributed by atoms with Gasteiger partial charge in [0.25, 0.3) is 0 Å². The Morgan fingerprint density at radius 1 is 0.381 bits per heavy atom. The number of nitriles is 4. The van der Waals surface area contributed by atoms with Gasteiger partial charge in [-0.25, -0.2) is 24.0 Å². The maximum absolute atomic E-state index is 12.3. The van der Waals surface area contributed by atoms with E-state index in [1.807, 2.05) is 112 Å². The summed E-state index contributed by atoms with van der Waals surface area (Å²) < 4.78 is 114. The van der Waals surface area contributed by atoms with Gasteiger partial charge in [0, 0.05) is 68.7 Å². The third-order valence-corrected chi connectivity index (χ3v) is 21.4. The highest BCUT2D eigenvalue weighted by Crippen LogP contribution is 2.41. The van der Waals surface area contributed by atoms with Gasteiger partial charge >= 0.3 is 36.8 Å². The van der Waals surface area contributed by atoms with Crippen molar-refractivity contribution in [2.45, 2.75) is 191 Å². The van der Waals surface area contributed by atoms with Crippen LogP contribution < -0.4 is 0 Å². The first-order valence-corrected chi connectivity index (χ1v) is 44.3. The number of aromatic nitrogens is 8. The molecule has 0 aliphatic rings. The fourth-order valence-electron chi connectivity index (χ4n) is 12.2. The first-order chi connectivity index (χ1) is 62.5. The first-order valence-electron chi connectivity index (χ1n) is 41.4. The molecular formula is C95H113Cl4F3N12O19S. The average Bonchev–Trinajstić information content (AvgIpc) is 1.65. The molecular weight excluding hydrogens is 1840 g/mol. The summed E-state index contributed by atoms with van der Waals surface area (Å²) in [5, 5.41) is 58.5. The van der Waals surface area contributed by atoms with Crippen LogP contribution in [-0.4, -0.2) is 160 Å². The number of hydrogen-bond donors (Lipinski definition) is 0. The molecule has 31 nitrogen and oxygen atoms in total. The van der Waals surface area contributed by atoms with Gasteiger partial charge in [-0.2, -0.15) is 66.4 Å². The van der Waals surface area contributed by atoms with Gasteiger partial charge in [0.05, 0.1) is 56.6 Å². The predicted molar refractivity (Wildman–Crippen MR) is 502 cm³/mol. The number of hydrogen-bond acceptors (Lipinski definition) is 28. The number of thioether (sulfide) groups is 1. The molecule has 0 saturated heterocycles. The van der Waals surface area contributed by atoms with Crippen molar-refractivity contribution < 1.29 is 103 Å². The highest BCUT2D eigenvalue weighted by atomic mass is 35.5. The van der Waals surface area contributed by atoms with E-state index in [0.29, 0.717) is 77.9 Å². The van der Waals surface area contributed by atoms with Crippen LogP contribution in [0.5, 0.6) is 0 Å². The third kappa shape index (κ3) is 32.8. The van der Waals surface area contributed by atoms with Crippen LogP contribution >= 0.6 is 58.2 Å². The average molecular weight is 1960 g/mol. The Kier molecular flexibility index (Phi) is 41.9. The molecule has 0 aliphatic carbocycles. The summed E-state index contributed by atoms with van der Waals surface area (Å²) in [5.74, 6) is 0.240. The van der Waals surface area contributed by atoms with Gasteiger partial charge in [-0.1, -0.05) is 227 Å². The summed E-state index contributed by atoms with van der Waals surface area (Å²) in [4.78, 5) is 58.6. The zero-order valence-electron chi connectivity index (χ0n) is 80.0. The Hall–Kier alpha value is -12.4. The molecule has 0 aliphatic heterocycles. The monoisotopic (exact) mass is 1950 g/mol. The molecule has 0 N–H and O–H groups in total. The number of aryl methyl sites for hydroxylation is 8. The van der Waals surface area contributed by atoms with Crippen LogP contribution in [0.3, 0.4) is 0 Å². The molecule has 8 aromatic rings. The number of esters is 1. The smallest absolute Gasteiger partial charge is 0.466 e. The van der Waals surface area contributed by atoms with Crippen LogP contribution in [0.25, 0.3) is 45.3 Å². The number of methoxy groups -OCH3 is 2. The van der Waals surface area contributed by atoms with Crippen LogP contribution in [0.1, 0.15) is 201 Å². The molecule has 4 heterocycles. The SMILES string of the molecule is COC(=O)COC(=O)OC(C)O/C(=C(/C#N)c1ccc(C(C)(C)C)cc1)c1c(Cl)c(C)nn1C.COCCOC(=O)OC(C)O/C(=C(/C#N)c1ccc(C(C)(C)C)cc1)c1c(Cl)c(C)nn1C.CSCCOC(=O)OC(C)O/C(=C(/C#N)c1ccc(C(C)(C)C)cc1)c1c(Cl)c(C)nn1C.Cc1nn(C)c(/C(OC(C)OC(=O)OCC(F)(F)F)=C(\C#N)c2ccc(C(C)(C)C)cc2)c1Cl. The number of benzene rings is 4. The van der Waals surface area contributed by atoms with E-state index in [9.17, 15) is 58.2 Å². The maximum Gasteiger partial charge on any atom is 0.511 e. The second-order valence-corrected chi connectivity index (χ2v) is 36.2. The largest absolute Gasteiger partial charge is 0.511 e. The molecule has 4 atom stereocenters. The summed E-state index contributed by atoms with van der Waals surface area (Å²) in [5.41, 5.74) is 10.7. The Balaban J connectivity index is 0.000000316. The number of ether oxygens (including phenoxy) is 14. The van der Waals surface area contributed by atoms with Crippen molar-refractivity contribution in [3.8, 4) is 24.3 Å². The van der Waals surface area contributed by atoms with Crippen molar-refractivity contribution in [3.63, 3.8) is 0 Å². The van der Waals surface area contributed by atoms with Crippen molar-refractivity contribution in [2.24, 2.45) is 28.2 Å². The molecule has 0 bridgehead atoms. The minimum Gasteiger partial charge on any atom is -0.466 e. The van der Waals surface area contributed by atoms with Gasteiger partial charge in [0.1, 0.15) is 82.6 Å². The van der Waals surface area contributed by atoms with Gasteiger partial charge in [0.15, 0.2) is 36.3 Å². The van der Waals surface area contributed by atoms with Crippen molar-refractivity contribution in [1.82, 2.24) is 39.1 Å². The van der Waals surface area contributed by atoms with Gasteiger partial charge in [-0.3, -0.25) is 18.7 Å². The van der Waals surface area contributed by atoms with E-state index in [0.717, 1.165) is 29.4 Å². The topological polar surface area (TPSA) is 381 Å². The molecule has 8 rings (SSSR count). The number of allylic oxidation sites excluding steroid dienone is 4. The lowest BCUT2D eigenvalue weighted by atomic mass is 9.86. The van der Waals surface area contributed by atoms with E-state index in [2.05, 4.69) is 121 Å². The fraction of sp³-hybridized carbons (Fsp3) is 0.442. The van der Waals surface area contributed by atoms with Gasteiger partial charge in [0.2, 0.25) is 25.2 Å². The van der Waals surface area contributed by atoms with E-state index >= 15 is 0 Å². The summed E-state index contributed by atoms with van der Waals surface area (Å²) in [7, 11) is 9.30. The van der Waals surface area contributed by atoms with Crippen molar-refractivity contribution in [1.29, 1.82) is 21.0 Å². The predicted octanol–water partition coefficient (Wildman–Crippen LogP) is 22.1. The minimum absolute atomic E-state index is 0.0319. The number of alkyl halides is 3. The highest BCUT2D eigenvalue weighted by Gasteiger charge is 2.35. The molecule has 4 aromatic heterocycles. The summed E-state index contributed by atoms with van der Waals surface area (Å²) in [6, 6.07) is 38.7. The summed E-state index contributed by atoms with van der Waals surface area (Å²) >= 11 is 27.5.